The molecule has 14 heavy (non-hydrogen) atoms. The quantitative estimate of drug-likeness (QED) is 0.513. The molecule has 0 radical (unpaired) electrons. The molecular weight excluding hydrogens is 203 g/mol. The zero-order chi connectivity index (χ0) is 10.2. The van der Waals surface area contributed by atoms with Crippen LogP contribution in [0.15, 0.2) is 30.9 Å². The number of benzene rings is 1. The lowest BCUT2D eigenvalue weighted by molar-refractivity contribution is 0.267. The highest BCUT2D eigenvalue weighted by molar-refractivity contribution is 6.25. The number of hydrogen-bond acceptors (Lipinski definition) is 1. The lowest BCUT2D eigenvalue weighted by atomic mass is 9.92. The summed E-state index contributed by atoms with van der Waals surface area (Å²) >= 11 is 6.32. The number of ether oxygens (including phenoxy) is 1. The van der Waals surface area contributed by atoms with Crippen molar-refractivity contribution < 1.29 is 9.13 Å². The second-order valence-electron chi connectivity index (χ2n) is 3.31. The Kier molecular flexibility index (Phi) is 2.23. The first-order chi connectivity index (χ1) is 6.65. The van der Waals surface area contributed by atoms with Crippen molar-refractivity contribution in [2.75, 3.05) is 6.61 Å². The minimum Gasteiger partial charge on any atom is -0.493 e. The van der Waals surface area contributed by atoms with Gasteiger partial charge < -0.3 is 4.74 Å². The van der Waals surface area contributed by atoms with Crippen molar-refractivity contribution in [3.05, 3.63) is 42.2 Å². The standard InChI is InChI=1S/C11H10ClFO/c1-2-11(12)5-6-14-10-7-8(13)3-4-9(10)11/h2-4,7H,1,5-6H2. The molecule has 1 aliphatic heterocycles. The SMILES string of the molecule is C=CC1(Cl)CCOc2cc(F)ccc21. The number of rotatable bonds is 1. The average Bonchev–Trinajstić information content (AvgIpc) is 2.18. The zero-order valence-corrected chi connectivity index (χ0v) is 8.35. The van der Waals surface area contributed by atoms with E-state index in [9.17, 15) is 4.39 Å². The molecule has 0 bridgehead atoms. The van der Waals surface area contributed by atoms with E-state index in [1.54, 1.807) is 12.1 Å². The Morgan fingerprint density at radius 3 is 3.07 bits per heavy atom. The van der Waals surface area contributed by atoms with Crippen LogP contribution in [0.25, 0.3) is 0 Å². The molecular formula is C11H10ClFO. The minimum absolute atomic E-state index is 0.311. The molecule has 0 fully saturated rings. The summed E-state index contributed by atoms with van der Waals surface area (Å²) in [5.74, 6) is 0.208. The first-order valence-corrected chi connectivity index (χ1v) is 4.79. The Hall–Kier alpha value is -1.02. The van der Waals surface area contributed by atoms with Crippen molar-refractivity contribution in [1.82, 2.24) is 0 Å². The Bertz CT molecular complexity index is 378. The highest BCUT2D eigenvalue weighted by atomic mass is 35.5. The molecule has 74 valence electrons. The fourth-order valence-electron chi connectivity index (χ4n) is 1.62. The van der Waals surface area contributed by atoms with Crippen molar-refractivity contribution in [3.63, 3.8) is 0 Å². The van der Waals surface area contributed by atoms with Gasteiger partial charge in [-0.1, -0.05) is 12.1 Å². The van der Waals surface area contributed by atoms with Crippen LogP contribution in [0.1, 0.15) is 12.0 Å². The van der Waals surface area contributed by atoms with Gasteiger partial charge in [0.25, 0.3) is 0 Å². The molecule has 1 aliphatic rings. The number of alkyl halides is 1. The summed E-state index contributed by atoms with van der Waals surface area (Å²) in [6.07, 6.45) is 2.34. The molecule has 1 aromatic carbocycles. The number of allylic oxidation sites excluding steroid dienone is 1. The molecule has 0 amide bonds. The van der Waals surface area contributed by atoms with Gasteiger partial charge in [0.1, 0.15) is 11.6 Å². The molecule has 0 aromatic heterocycles. The Morgan fingerprint density at radius 2 is 2.36 bits per heavy atom. The van der Waals surface area contributed by atoms with Gasteiger partial charge in [0, 0.05) is 18.1 Å². The van der Waals surface area contributed by atoms with Gasteiger partial charge in [-0.05, 0) is 6.07 Å². The third kappa shape index (κ3) is 1.40. The Labute approximate surface area is 87.1 Å². The predicted octanol–water partition coefficient (Wildman–Crippen LogP) is 3.23. The summed E-state index contributed by atoms with van der Waals surface area (Å²) in [6.45, 7) is 4.19. The van der Waals surface area contributed by atoms with Crippen LogP contribution in [0.2, 0.25) is 0 Å². The summed E-state index contributed by atoms with van der Waals surface area (Å²) in [4.78, 5) is -0.610. The van der Waals surface area contributed by atoms with Crippen LogP contribution in [0.5, 0.6) is 5.75 Å². The van der Waals surface area contributed by atoms with Crippen LogP contribution in [0, 0.1) is 5.82 Å². The summed E-state index contributed by atoms with van der Waals surface area (Å²) in [7, 11) is 0. The third-order valence-corrected chi connectivity index (χ3v) is 2.99. The van der Waals surface area contributed by atoms with Gasteiger partial charge in [0.2, 0.25) is 0 Å². The molecule has 0 saturated carbocycles. The van der Waals surface area contributed by atoms with Crippen molar-refractivity contribution in [3.8, 4) is 5.75 Å². The monoisotopic (exact) mass is 212 g/mol. The average molecular weight is 213 g/mol. The Morgan fingerprint density at radius 1 is 1.57 bits per heavy atom. The normalized spacial score (nSPS) is 25.0. The van der Waals surface area contributed by atoms with E-state index >= 15 is 0 Å². The van der Waals surface area contributed by atoms with Gasteiger partial charge in [0.05, 0.1) is 11.5 Å². The molecule has 0 aliphatic carbocycles. The molecule has 0 spiro atoms. The lowest BCUT2D eigenvalue weighted by Gasteiger charge is -2.30. The maximum atomic E-state index is 12.9. The van der Waals surface area contributed by atoms with E-state index < -0.39 is 4.87 Å². The predicted molar refractivity (Wildman–Crippen MR) is 54.2 cm³/mol. The Balaban J connectivity index is 2.55. The van der Waals surface area contributed by atoms with E-state index in [0.29, 0.717) is 18.8 Å². The summed E-state index contributed by atoms with van der Waals surface area (Å²) < 4.78 is 18.2. The van der Waals surface area contributed by atoms with E-state index in [4.69, 9.17) is 16.3 Å². The third-order valence-electron chi connectivity index (χ3n) is 2.44. The molecule has 2 rings (SSSR count). The van der Waals surface area contributed by atoms with Crippen LogP contribution >= 0.6 is 11.6 Å². The van der Waals surface area contributed by atoms with Crippen LogP contribution in [-0.2, 0) is 4.87 Å². The van der Waals surface area contributed by atoms with Gasteiger partial charge in [-0.3, -0.25) is 0 Å². The summed E-state index contributed by atoms with van der Waals surface area (Å²) in [5, 5.41) is 0. The summed E-state index contributed by atoms with van der Waals surface area (Å²) in [6, 6.07) is 4.39. The van der Waals surface area contributed by atoms with Crippen molar-refractivity contribution in [2.24, 2.45) is 0 Å². The molecule has 1 unspecified atom stereocenters. The molecule has 0 saturated heterocycles. The highest BCUT2D eigenvalue weighted by Crippen LogP contribution is 2.42. The minimum atomic E-state index is -0.610. The molecule has 1 aromatic rings. The fourth-order valence-corrected chi connectivity index (χ4v) is 1.85. The van der Waals surface area contributed by atoms with E-state index in [2.05, 4.69) is 6.58 Å². The largest absolute Gasteiger partial charge is 0.493 e. The highest BCUT2D eigenvalue weighted by Gasteiger charge is 2.32. The van der Waals surface area contributed by atoms with Crippen LogP contribution in [0.4, 0.5) is 4.39 Å². The smallest absolute Gasteiger partial charge is 0.127 e. The second-order valence-corrected chi connectivity index (χ2v) is 3.98. The van der Waals surface area contributed by atoms with Gasteiger partial charge in [-0.15, -0.1) is 18.2 Å². The molecule has 1 atom stereocenters. The van der Waals surface area contributed by atoms with Crippen molar-refractivity contribution in [1.29, 1.82) is 0 Å². The molecule has 0 N–H and O–H groups in total. The van der Waals surface area contributed by atoms with Gasteiger partial charge in [-0.25, -0.2) is 4.39 Å². The zero-order valence-electron chi connectivity index (χ0n) is 7.59. The fraction of sp³-hybridized carbons (Fsp3) is 0.273. The van der Waals surface area contributed by atoms with Gasteiger partial charge >= 0.3 is 0 Å². The van der Waals surface area contributed by atoms with E-state index in [1.807, 2.05) is 0 Å². The maximum Gasteiger partial charge on any atom is 0.127 e. The molecule has 1 nitrogen and oxygen atoms in total. The van der Waals surface area contributed by atoms with Crippen LogP contribution in [0.3, 0.4) is 0 Å². The van der Waals surface area contributed by atoms with Gasteiger partial charge in [0.15, 0.2) is 0 Å². The van der Waals surface area contributed by atoms with Crippen molar-refractivity contribution >= 4 is 11.6 Å². The summed E-state index contributed by atoms with van der Waals surface area (Å²) in [5.41, 5.74) is 0.793. The van der Waals surface area contributed by atoms with E-state index in [1.165, 1.54) is 12.1 Å². The second kappa shape index (κ2) is 3.28. The molecule has 3 heteroatoms. The number of fused-ring (bicyclic) bond motifs is 1. The van der Waals surface area contributed by atoms with Crippen LogP contribution in [-0.4, -0.2) is 6.61 Å². The van der Waals surface area contributed by atoms with Gasteiger partial charge in [-0.2, -0.15) is 0 Å². The van der Waals surface area contributed by atoms with Crippen molar-refractivity contribution in [2.45, 2.75) is 11.3 Å². The first-order valence-electron chi connectivity index (χ1n) is 4.41. The maximum absolute atomic E-state index is 12.9. The number of halogens is 2. The van der Waals surface area contributed by atoms with E-state index in [-0.39, 0.29) is 5.82 Å². The van der Waals surface area contributed by atoms with Crippen LogP contribution < -0.4 is 4.74 Å². The van der Waals surface area contributed by atoms with E-state index in [0.717, 1.165) is 5.56 Å². The topological polar surface area (TPSA) is 9.23 Å². The number of hydrogen-bond donors (Lipinski definition) is 0. The lowest BCUT2D eigenvalue weighted by Crippen LogP contribution is -2.25. The molecule has 1 heterocycles. The first kappa shape index (κ1) is 9.53.